The van der Waals surface area contributed by atoms with Gasteiger partial charge in [0, 0.05) is 71.9 Å². The number of carbonyl (C=O) groups excluding carboxylic acids is 1. The summed E-state index contributed by atoms with van der Waals surface area (Å²) < 4.78 is 26.9. The van der Waals surface area contributed by atoms with E-state index in [-0.39, 0.29) is 34.2 Å². The number of nitrogens with one attached hydrogen (secondary N) is 1. The van der Waals surface area contributed by atoms with Crippen molar-refractivity contribution < 1.29 is 13.2 Å². The average Bonchev–Trinajstić information content (AvgIpc) is 3.71. The number of aromatic nitrogens is 4. The number of likely N-dealkylation sites (tertiary alicyclic amines) is 2. The molecule has 1 aliphatic carbocycles. The zero-order valence-electron chi connectivity index (χ0n) is 26.6. The van der Waals surface area contributed by atoms with Crippen LogP contribution in [0.5, 0.6) is 0 Å². The fraction of sp³-hybridized carbons (Fsp3) is 0.606. The number of hydrogen-bond acceptors (Lipinski definition) is 7. The third-order valence-corrected chi connectivity index (χ3v) is 14.7. The third-order valence-electron chi connectivity index (χ3n) is 11.7. The van der Waals surface area contributed by atoms with Gasteiger partial charge < -0.3 is 9.80 Å². The molecule has 46 heavy (non-hydrogen) atoms. The molecule has 1 amide bonds. The molecule has 4 saturated heterocycles. The van der Waals surface area contributed by atoms with Crippen LogP contribution in [0.1, 0.15) is 57.7 Å². The number of halogens is 2. The molecule has 10 nitrogen and oxygen atoms in total. The van der Waals surface area contributed by atoms with E-state index in [0.717, 1.165) is 91.8 Å². The van der Waals surface area contributed by atoms with Gasteiger partial charge in [-0.15, -0.1) is 0 Å². The van der Waals surface area contributed by atoms with Crippen LogP contribution in [0, 0.1) is 18.3 Å². The average molecular weight is 687 g/mol. The summed E-state index contributed by atoms with van der Waals surface area (Å²) in [6.07, 6.45) is 7.92. The second-order valence-corrected chi connectivity index (χ2v) is 18.3. The number of benzene rings is 1. The lowest BCUT2D eigenvalue weighted by Gasteiger charge is -2.58. The van der Waals surface area contributed by atoms with Crippen LogP contribution in [0.25, 0.3) is 22.0 Å². The van der Waals surface area contributed by atoms with Crippen molar-refractivity contribution in [3.63, 3.8) is 0 Å². The Labute approximate surface area is 280 Å². The fourth-order valence-electron chi connectivity index (χ4n) is 9.45. The number of fused-ring (bicyclic) bond motifs is 3. The van der Waals surface area contributed by atoms with Gasteiger partial charge >= 0.3 is 0 Å². The van der Waals surface area contributed by atoms with Crippen molar-refractivity contribution >= 4 is 55.7 Å². The predicted molar refractivity (Wildman–Crippen MR) is 181 cm³/mol. The van der Waals surface area contributed by atoms with Gasteiger partial charge in [-0.1, -0.05) is 29.8 Å². The van der Waals surface area contributed by atoms with Crippen LogP contribution in [0.4, 0.5) is 5.82 Å². The van der Waals surface area contributed by atoms with E-state index in [1.54, 1.807) is 0 Å². The second kappa shape index (κ2) is 10.4. The summed E-state index contributed by atoms with van der Waals surface area (Å²) in [7, 11) is -2.91. The standard InChI is InChI=1S/C33H41Cl2N7O3S/c1-5-27(43)40-17-33(18-40)11-22(12-33)42-19(2)28(29-24-13-36-37-26(24)9-25(34)30(29)35)31(38-42)41-7-6-20(10-32(41,3)4)14-39-15-23-8-21(39)16-46(23,44)45/h5,9,13,20-23H,1,6-8,10-12,14-18H2,2-4H3,(H,36,37)/t20-,21+,23+/m1/s1. The Morgan fingerprint density at radius 1 is 1.17 bits per heavy atom. The number of nitrogens with zero attached hydrogens (tertiary/aromatic N) is 6. The molecule has 6 heterocycles. The maximum atomic E-state index is 12.4. The van der Waals surface area contributed by atoms with Gasteiger partial charge in [0.15, 0.2) is 15.7 Å². The van der Waals surface area contributed by atoms with Crippen molar-refractivity contribution in [2.75, 3.05) is 43.4 Å². The summed E-state index contributed by atoms with van der Waals surface area (Å²) in [6.45, 7) is 14.4. The lowest BCUT2D eigenvalue weighted by Crippen LogP contribution is -2.63. The first-order chi connectivity index (χ1) is 21.8. The Hall–Kier alpha value is -2.60. The molecule has 2 aromatic heterocycles. The maximum absolute atomic E-state index is 12.4. The number of hydrogen-bond donors (Lipinski definition) is 1. The summed E-state index contributed by atoms with van der Waals surface area (Å²) >= 11 is 13.7. The van der Waals surface area contributed by atoms with Crippen LogP contribution in [-0.2, 0) is 14.6 Å². The van der Waals surface area contributed by atoms with Gasteiger partial charge in [-0.05, 0) is 70.9 Å². The summed E-state index contributed by atoms with van der Waals surface area (Å²) in [5, 5.41) is 14.5. The molecule has 0 radical (unpaired) electrons. The molecule has 1 spiro atoms. The molecule has 1 N–H and O–H groups in total. The largest absolute Gasteiger partial charge is 0.349 e. The maximum Gasteiger partial charge on any atom is 0.245 e. The van der Waals surface area contributed by atoms with Gasteiger partial charge in [-0.3, -0.25) is 19.5 Å². The van der Waals surface area contributed by atoms with Crippen molar-refractivity contribution in [2.24, 2.45) is 11.3 Å². The highest BCUT2D eigenvalue weighted by atomic mass is 35.5. The van der Waals surface area contributed by atoms with E-state index in [1.807, 2.05) is 17.2 Å². The summed E-state index contributed by atoms with van der Waals surface area (Å²) in [4.78, 5) is 18.9. The van der Waals surface area contributed by atoms with Crippen molar-refractivity contribution in [3.8, 4) is 11.1 Å². The normalized spacial score (nSPS) is 28.2. The molecule has 5 fully saturated rings. The number of amides is 1. The van der Waals surface area contributed by atoms with Crippen LogP contribution in [0.3, 0.4) is 0 Å². The molecule has 4 aliphatic heterocycles. The minimum atomic E-state index is -2.91. The monoisotopic (exact) mass is 685 g/mol. The predicted octanol–water partition coefficient (Wildman–Crippen LogP) is 5.26. The Morgan fingerprint density at radius 2 is 1.93 bits per heavy atom. The summed E-state index contributed by atoms with van der Waals surface area (Å²) in [5.41, 5.74) is 3.67. The first-order valence-corrected chi connectivity index (χ1v) is 18.8. The number of rotatable bonds is 6. The van der Waals surface area contributed by atoms with E-state index in [4.69, 9.17) is 28.3 Å². The van der Waals surface area contributed by atoms with Crippen LogP contribution >= 0.6 is 23.2 Å². The number of piperidine rings is 1. The van der Waals surface area contributed by atoms with Crippen LogP contribution in [0.2, 0.25) is 10.0 Å². The van der Waals surface area contributed by atoms with E-state index in [2.05, 4.69) is 52.0 Å². The molecular formula is C33H41Cl2N7O3S. The summed E-state index contributed by atoms with van der Waals surface area (Å²) in [6, 6.07) is 2.23. The third kappa shape index (κ3) is 4.66. The molecule has 13 heteroatoms. The smallest absolute Gasteiger partial charge is 0.245 e. The zero-order valence-corrected chi connectivity index (χ0v) is 28.9. The van der Waals surface area contributed by atoms with E-state index in [1.165, 1.54) is 6.08 Å². The molecule has 8 rings (SSSR count). The van der Waals surface area contributed by atoms with Crippen LogP contribution < -0.4 is 4.90 Å². The minimum absolute atomic E-state index is 0.00143. The minimum Gasteiger partial charge on any atom is -0.349 e. The van der Waals surface area contributed by atoms with E-state index in [9.17, 15) is 13.2 Å². The number of sulfone groups is 1. The van der Waals surface area contributed by atoms with E-state index in [0.29, 0.717) is 28.3 Å². The molecule has 2 bridgehead atoms. The molecule has 246 valence electrons. The molecule has 1 aromatic carbocycles. The molecule has 1 saturated carbocycles. The number of carbonyl (C=O) groups is 1. The van der Waals surface area contributed by atoms with Crippen LogP contribution in [0.15, 0.2) is 24.9 Å². The lowest BCUT2D eigenvalue weighted by molar-refractivity contribution is -0.149. The fourth-order valence-corrected chi connectivity index (χ4v) is 12.0. The second-order valence-electron chi connectivity index (χ2n) is 15.2. The number of aromatic amines is 1. The van der Waals surface area contributed by atoms with Gasteiger partial charge in [0.25, 0.3) is 0 Å². The highest BCUT2D eigenvalue weighted by molar-refractivity contribution is 7.92. The Balaban J connectivity index is 1.11. The molecule has 3 atom stereocenters. The Kier molecular flexibility index (Phi) is 6.98. The quantitative estimate of drug-likeness (QED) is 0.353. The molecular weight excluding hydrogens is 645 g/mol. The highest BCUT2D eigenvalue weighted by Gasteiger charge is 2.55. The topological polar surface area (TPSA) is 107 Å². The van der Waals surface area contributed by atoms with Gasteiger partial charge in [-0.25, -0.2) is 8.42 Å². The van der Waals surface area contributed by atoms with Crippen molar-refractivity contribution in [1.29, 1.82) is 0 Å². The zero-order chi connectivity index (χ0) is 32.3. The molecule has 0 unspecified atom stereocenters. The molecule has 3 aromatic rings. The van der Waals surface area contributed by atoms with Gasteiger partial charge in [-0.2, -0.15) is 10.2 Å². The van der Waals surface area contributed by atoms with Crippen LogP contribution in [-0.4, -0.2) is 99.4 Å². The van der Waals surface area contributed by atoms with E-state index < -0.39 is 9.84 Å². The van der Waals surface area contributed by atoms with Gasteiger partial charge in [0.1, 0.15) is 0 Å². The first-order valence-electron chi connectivity index (χ1n) is 16.3. The van der Waals surface area contributed by atoms with Gasteiger partial charge in [0.2, 0.25) is 5.91 Å². The number of H-pyrrole nitrogens is 1. The first kappa shape index (κ1) is 30.7. The number of anilines is 1. The van der Waals surface area contributed by atoms with Crippen molar-refractivity contribution in [3.05, 3.63) is 40.7 Å². The van der Waals surface area contributed by atoms with Gasteiger partial charge in [0.05, 0.1) is 38.8 Å². The Bertz CT molecular complexity index is 1870. The van der Waals surface area contributed by atoms with Crippen molar-refractivity contribution in [1.82, 2.24) is 29.8 Å². The Morgan fingerprint density at radius 3 is 2.59 bits per heavy atom. The highest BCUT2D eigenvalue weighted by Crippen LogP contribution is 2.56. The molecule has 5 aliphatic rings. The SMILES string of the molecule is C=CC(=O)N1CC2(CC(n3nc(N4CC[C@@H](CN5C[C@@H]6C[C@H]5CS6(=O)=O)CC4(C)C)c(-c4c(Cl)c(Cl)cc5[nH]ncc45)c3C)C2)C1. The van der Waals surface area contributed by atoms with Crippen molar-refractivity contribution in [2.45, 2.75) is 75.7 Å². The lowest BCUT2D eigenvalue weighted by atomic mass is 9.60. The summed E-state index contributed by atoms with van der Waals surface area (Å²) in [5.74, 6) is 1.70. The van der Waals surface area contributed by atoms with E-state index >= 15 is 0 Å².